The van der Waals surface area contributed by atoms with Crippen LogP contribution < -0.4 is 10.2 Å². The maximum atomic E-state index is 9.49. The van der Waals surface area contributed by atoms with Gasteiger partial charge in [-0.15, -0.1) is 0 Å². The van der Waals surface area contributed by atoms with Crippen LogP contribution in [0, 0.1) is 0 Å². The van der Waals surface area contributed by atoms with E-state index < -0.39 is 11.9 Å². The van der Waals surface area contributed by atoms with Crippen molar-refractivity contribution in [2.75, 3.05) is 0 Å². The Kier molecular flexibility index (Phi) is 16.5. The van der Waals surface area contributed by atoms with Crippen molar-refractivity contribution in [3.63, 3.8) is 0 Å². The minimum absolute atomic E-state index is 0. The summed E-state index contributed by atoms with van der Waals surface area (Å²) in [6.45, 7) is 12.6. The predicted molar refractivity (Wildman–Crippen MR) is 76.2 cm³/mol. The fourth-order valence-corrected chi connectivity index (χ4v) is 0.589. The second-order valence-corrected chi connectivity index (χ2v) is 3.75. The zero-order valence-corrected chi connectivity index (χ0v) is 15.4. The summed E-state index contributed by atoms with van der Waals surface area (Å²) in [6.07, 6.45) is 1.83. The Morgan fingerprint density at radius 3 is 1.38 bits per heavy atom. The van der Waals surface area contributed by atoms with Gasteiger partial charge in [0.15, 0.2) is 0 Å². The summed E-state index contributed by atoms with van der Waals surface area (Å²) in [7, 11) is 0. The van der Waals surface area contributed by atoms with Crippen molar-refractivity contribution >= 4 is 18.0 Å². The first kappa shape index (κ1) is 24.1. The summed E-state index contributed by atoms with van der Waals surface area (Å²) in [5.41, 5.74) is 1.30. The minimum Gasteiger partial charge on any atom is -0.545 e. The third-order valence-electron chi connectivity index (χ3n) is 1.73. The summed E-state index contributed by atoms with van der Waals surface area (Å²) in [5.74, 6) is -2.37. The molecule has 0 atom stereocenters. The van der Waals surface area contributed by atoms with Gasteiger partial charge in [0.25, 0.3) is 0 Å². The molecule has 0 saturated heterocycles. The molecule has 0 saturated carbocycles. The van der Waals surface area contributed by atoms with E-state index in [9.17, 15) is 19.8 Å². The van der Waals surface area contributed by atoms with Crippen molar-refractivity contribution in [3.8, 4) is 0 Å². The molecule has 0 radical (unpaired) electrons. The van der Waals surface area contributed by atoms with Crippen molar-refractivity contribution in [2.45, 2.75) is 13.8 Å². The molecule has 0 aromatic heterocycles. The van der Waals surface area contributed by atoms with Gasteiger partial charge in [-0.2, -0.15) is 0 Å². The number of carbonyl (C=O) groups is 2. The van der Waals surface area contributed by atoms with Crippen LogP contribution in [0.2, 0.25) is 0 Å². The minimum atomic E-state index is -1.19. The Hall–Kier alpha value is -2.00. The van der Waals surface area contributed by atoms with E-state index in [1.807, 2.05) is 36.4 Å². The standard InChI is InChI=1S/C8H8.2C4H6O2.Zn/c1-2-8-6-4-3-5-7-8;2*1-3(2)4(5)6;/h2-7H,1H2;2*1H2,2H3,(H,5,6);/q;;;+2/p-2. The molecule has 0 unspecified atom stereocenters. The van der Waals surface area contributed by atoms with Crippen LogP contribution >= 0.6 is 0 Å². The van der Waals surface area contributed by atoms with E-state index >= 15 is 0 Å². The number of aliphatic carboxylic acids is 2. The molecule has 4 nitrogen and oxygen atoms in total. The van der Waals surface area contributed by atoms with Crippen molar-refractivity contribution in [1.29, 1.82) is 0 Å². The quantitative estimate of drug-likeness (QED) is 0.606. The third kappa shape index (κ3) is 18.0. The van der Waals surface area contributed by atoms with Gasteiger partial charge < -0.3 is 19.8 Å². The molecule has 108 valence electrons. The van der Waals surface area contributed by atoms with Gasteiger partial charge in [0.05, 0.1) is 11.9 Å². The molecule has 1 aromatic carbocycles. The molecule has 0 heterocycles. The average molecular weight is 340 g/mol. The van der Waals surface area contributed by atoms with Gasteiger partial charge in [-0.25, -0.2) is 0 Å². The summed E-state index contributed by atoms with van der Waals surface area (Å²) in [6, 6.07) is 10.0. The van der Waals surface area contributed by atoms with Gasteiger partial charge in [0, 0.05) is 0 Å². The summed E-state index contributed by atoms with van der Waals surface area (Å²) in [4.78, 5) is 19.0. The van der Waals surface area contributed by atoms with Crippen LogP contribution in [0.25, 0.3) is 6.08 Å². The van der Waals surface area contributed by atoms with Crippen LogP contribution in [0.15, 0.2) is 61.2 Å². The van der Waals surface area contributed by atoms with Gasteiger partial charge in [-0.05, 0) is 30.6 Å². The van der Waals surface area contributed by atoms with Gasteiger partial charge in [0.2, 0.25) is 0 Å². The number of carboxylic acids is 2. The van der Waals surface area contributed by atoms with E-state index in [1.165, 1.54) is 19.4 Å². The van der Waals surface area contributed by atoms with Gasteiger partial charge in [-0.3, -0.25) is 0 Å². The van der Waals surface area contributed by atoms with Crippen LogP contribution in [0.1, 0.15) is 19.4 Å². The fraction of sp³-hybridized carbons (Fsp3) is 0.125. The molecule has 5 heteroatoms. The summed E-state index contributed by atoms with van der Waals surface area (Å²) >= 11 is 0. The number of hydrogen-bond acceptors (Lipinski definition) is 4. The molecule has 0 bridgehead atoms. The molecule has 0 aliphatic carbocycles. The summed E-state index contributed by atoms with van der Waals surface area (Å²) < 4.78 is 0. The number of carboxylic acid groups (broad SMARTS) is 2. The first-order chi connectivity index (χ1) is 9.22. The van der Waals surface area contributed by atoms with Crippen LogP contribution in [0.4, 0.5) is 0 Å². The van der Waals surface area contributed by atoms with Crippen LogP contribution in [-0.2, 0) is 29.1 Å². The first-order valence-corrected chi connectivity index (χ1v) is 5.63. The Balaban J connectivity index is -0.000000231. The molecule has 0 aliphatic rings. The molecular formula is C16H18O4Zn. The normalized spacial score (nSPS) is 7.52. The van der Waals surface area contributed by atoms with E-state index in [0.717, 1.165) is 0 Å². The largest absolute Gasteiger partial charge is 2.00 e. The first-order valence-electron chi connectivity index (χ1n) is 5.63. The maximum absolute atomic E-state index is 9.49. The van der Waals surface area contributed by atoms with Gasteiger partial charge in [0.1, 0.15) is 0 Å². The topological polar surface area (TPSA) is 80.3 Å². The zero-order chi connectivity index (χ0) is 16.1. The van der Waals surface area contributed by atoms with E-state index in [-0.39, 0.29) is 30.6 Å². The Bertz CT molecular complexity index is 430. The van der Waals surface area contributed by atoms with Crippen molar-refractivity contribution in [2.24, 2.45) is 0 Å². The monoisotopic (exact) mass is 338 g/mol. The van der Waals surface area contributed by atoms with E-state index in [0.29, 0.717) is 0 Å². The molecule has 0 aliphatic heterocycles. The fourth-order valence-electron chi connectivity index (χ4n) is 0.589. The van der Waals surface area contributed by atoms with E-state index in [1.54, 1.807) is 0 Å². The average Bonchev–Trinajstić information content (AvgIpc) is 2.40. The molecule has 0 fully saturated rings. The van der Waals surface area contributed by atoms with Crippen molar-refractivity contribution in [3.05, 3.63) is 66.8 Å². The number of hydrogen-bond donors (Lipinski definition) is 0. The van der Waals surface area contributed by atoms with Gasteiger partial charge in [-0.1, -0.05) is 56.1 Å². The summed E-state index contributed by atoms with van der Waals surface area (Å²) in [5, 5.41) is 19.0. The number of carbonyl (C=O) groups excluding carboxylic acids is 2. The van der Waals surface area contributed by atoms with E-state index in [4.69, 9.17) is 0 Å². The number of benzene rings is 1. The second kappa shape index (κ2) is 14.4. The Morgan fingerprint density at radius 2 is 1.24 bits per heavy atom. The molecule has 1 rings (SSSR count). The van der Waals surface area contributed by atoms with Crippen LogP contribution in [0.5, 0.6) is 0 Å². The molecular weight excluding hydrogens is 322 g/mol. The van der Waals surface area contributed by atoms with Gasteiger partial charge >= 0.3 is 19.5 Å². The van der Waals surface area contributed by atoms with Crippen LogP contribution in [0.3, 0.4) is 0 Å². The molecule has 1 aromatic rings. The van der Waals surface area contributed by atoms with Crippen LogP contribution in [-0.4, -0.2) is 11.9 Å². The Labute approximate surface area is 138 Å². The molecule has 0 N–H and O–H groups in total. The second-order valence-electron chi connectivity index (χ2n) is 3.75. The SMILES string of the molecule is C=C(C)C(=O)[O-].C=C(C)C(=O)[O-].C=Cc1ccccc1.[Zn+2]. The smallest absolute Gasteiger partial charge is 0.545 e. The molecule has 21 heavy (non-hydrogen) atoms. The van der Waals surface area contributed by atoms with Crippen molar-refractivity contribution < 1.29 is 39.3 Å². The maximum Gasteiger partial charge on any atom is 2.00 e. The number of rotatable bonds is 3. The third-order valence-corrected chi connectivity index (χ3v) is 1.73. The Morgan fingerprint density at radius 1 is 0.952 bits per heavy atom. The van der Waals surface area contributed by atoms with Crippen molar-refractivity contribution in [1.82, 2.24) is 0 Å². The molecule has 0 amide bonds. The molecule has 0 spiro atoms. The predicted octanol–water partition coefficient (Wildman–Crippen LogP) is 0.952. The van der Waals surface area contributed by atoms with E-state index in [2.05, 4.69) is 19.7 Å². The zero-order valence-electron chi connectivity index (χ0n) is 12.4.